The molecule has 0 radical (unpaired) electrons. The van der Waals surface area contributed by atoms with Gasteiger partial charge in [0, 0.05) is 10.8 Å². The summed E-state index contributed by atoms with van der Waals surface area (Å²) in [5.41, 5.74) is -7.17. The first-order valence-corrected chi connectivity index (χ1v) is 14.2. The minimum atomic E-state index is -1.64. The smallest absolute Gasteiger partial charge is 0.338 e. The molecule has 0 N–H and O–H groups in total. The second-order valence-corrected chi connectivity index (χ2v) is 15.2. The monoisotopic (exact) mass is 594 g/mol. The Labute approximate surface area is 250 Å². The van der Waals surface area contributed by atoms with Gasteiger partial charge in [0.05, 0.1) is 25.4 Å². The molecule has 0 unspecified atom stereocenters. The summed E-state index contributed by atoms with van der Waals surface area (Å²) in [6.07, 6.45) is 0. The largest absolute Gasteiger partial charge is 0.500 e. The van der Waals surface area contributed by atoms with E-state index in [0.717, 1.165) is 0 Å². The van der Waals surface area contributed by atoms with Crippen molar-refractivity contribution in [3.05, 3.63) is 22.7 Å². The number of esters is 4. The number of ether oxygens (including phenoxy) is 6. The molecular formula is C32H50O10. The summed E-state index contributed by atoms with van der Waals surface area (Å²) >= 11 is 0. The molecule has 2 aliphatic rings. The molecule has 0 saturated carbocycles. The molecular weight excluding hydrogens is 544 g/mol. The SMILES string of the molecule is COC1=C(C(=O)OC(C)(C)C)[C@]2(C)[C@H](C(=O)OC(C)(C)C)C(OC)=C(C(=O)OC(C)(C)C)[C@]2(C)[C@@H]1C(=O)OC(C)(C)C. The van der Waals surface area contributed by atoms with Crippen molar-refractivity contribution in [3.63, 3.8) is 0 Å². The Morgan fingerprint density at radius 1 is 0.500 bits per heavy atom. The van der Waals surface area contributed by atoms with E-state index in [0.29, 0.717) is 0 Å². The first-order chi connectivity index (χ1) is 18.7. The molecule has 0 heterocycles. The fraction of sp³-hybridized carbons (Fsp3) is 0.750. The summed E-state index contributed by atoms with van der Waals surface area (Å²) in [6, 6.07) is 0. The molecule has 2 aliphatic carbocycles. The quantitative estimate of drug-likeness (QED) is 0.291. The highest BCUT2D eigenvalue weighted by molar-refractivity contribution is 6.03. The Bertz CT molecular complexity index is 1100. The van der Waals surface area contributed by atoms with E-state index in [1.54, 1.807) is 96.9 Å². The van der Waals surface area contributed by atoms with Crippen LogP contribution in [0.4, 0.5) is 0 Å². The molecule has 0 aromatic rings. The predicted molar refractivity (Wildman–Crippen MR) is 155 cm³/mol. The molecule has 0 aromatic heterocycles. The molecule has 0 bridgehead atoms. The normalized spacial score (nSPS) is 26.5. The lowest BCUT2D eigenvalue weighted by Crippen LogP contribution is -2.50. The Balaban J connectivity index is 3.13. The molecule has 0 amide bonds. The van der Waals surface area contributed by atoms with Gasteiger partial charge in [-0.15, -0.1) is 0 Å². The van der Waals surface area contributed by atoms with Gasteiger partial charge in [0.1, 0.15) is 45.8 Å². The Morgan fingerprint density at radius 3 is 0.929 bits per heavy atom. The molecule has 4 atom stereocenters. The van der Waals surface area contributed by atoms with Crippen LogP contribution in [0.5, 0.6) is 0 Å². The lowest BCUT2D eigenvalue weighted by atomic mass is 9.58. The van der Waals surface area contributed by atoms with Gasteiger partial charge in [-0.1, -0.05) is 13.8 Å². The Hall–Kier alpha value is -3.04. The highest BCUT2D eigenvalue weighted by Crippen LogP contribution is 2.72. The Kier molecular flexibility index (Phi) is 9.13. The van der Waals surface area contributed by atoms with E-state index in [9.17, 15) is 19.2 Å². The first kappa shape index (κ1) is 35.2. The van der Waals surface area contributed by atoms with Crippen LogP contribution < -0.4 is 0 Å². The molecule has 0 saturated heterocycles. The number of fused-ring (bicyclic) bond motifs is 1. The zero-order valence-corrected chi connectivity index (χ0v) is 28.2. The van der Waals surface area contributed by atoms with Gasteiger partial charge in [0.25, 0.3) is 0 Å². The minimum absolute atomic E-state index is 0.0618. The molecule has 0 aromatic carbocycles. The van der Waals surface area contributed by atoms with Crippen molar-refractivity contribution in [3.8, 4) is 0 Å². The van der Waals surface area contributed by atoms with Crippen molar-refractivity contribution >= 4 is 23.9 Å². The standard InChI is InChI=1S/C32H50O10/c1-27(2,3)39-23(33)17-21(37-15)18(24(34)40-28(4,5)6)32(14)20(26(36)42-30(10,11)12)22(38-16)19(31(17,32)13)25(35)41-29(7,8)9/h17,20H,1-16H3/t17-,20-,31-,32+/m0/s1. The van der Waals surface area contributed by atoms with Crippen LogP contribution in [0, 0.1) is 22.7 Å². The van der Waals surface area contributed by atoms with Crippen LogP contribution in [-0.2, 0) is 47.6 Å². The maximum absolute atomic E-state index is 14.1. The van der Waals surface area contributed by atoms with Crippen molar-refractivity contribution in [2.45, 2.75) is 119 Å². The molecule has 42 heavy (non-hydrogen) atoms. The maximum Gasteiger partial charge on any atom is 0.338 e. The number of carbonyl (C=O) groups excluding carboxylic acids is 4. The topological polar surface area (TPSA) is 124 Å². The van der Waals surface area contributed by atoms with Crippen LogP contribution in [0.25, 0.3) is 0 Å². The third-order valence-electron chi connectivity index (χ3n) is 7.22. The van der Waals surface area contributed by atoms with E-state index >= 15 is 0 Å². The number of hydrogen-bond acceptors (Lipinski definition) is 10. The summed E-state index contributed by atoms with van der Waals surface area (Å²) in [5.74, 6) is -5.96. The second kappa shape index (κ2) is 10.9. The predicted octanol–water partition coefficient (Wildman–Crippen LogP) is 5.43. The molecule has 2 rings (SSSR count). The number of hydrogen-bond donors (Lipinski definition) is 0. The van der Waals surface area contributed by atoms with Gasteiger partial charge >= 0.3 is 23.9 Å². The van der Waals surface area contributed by atoms with Crippen molar-refractivity contribution in [1.82, 2.24) is 0 Å². The molecule has 0 spiro atoms. The molecule has 0 fully saturated rings. The lowest BCUT2D eigenvalue weighted by Gasteiger charge is -2.43. The van der Waals surface area contributed by atoms with Crippen LogP contribution >= 0.6 is 0 Å². The van der Waals surface area contributed by atoms with Crippen LogP contribution in [0.3, 0.4) is 0 Å². The zero-order chi connectivity index (χ0) is 33.0. The van der Waals surface area contributed by atoms with Crippen LogP contribution in [0.1, 0.15) is 96.9 Å². The number of methoxy groups -OCH3 is 2. The maximum atomic E-state index is 14.1. The number of carbonyl (C=O) groups is 4. The molecule has 238 valence electrons. The zero-order valence-electron chi connectivity index (χ0n) is 28.2. The first-order valence-electron chi connectivity index (χ1n) is 14.2. The average molecular weight is 595 g/mol. The highest BCUT2D eigenvalue weighted by atomic mass is 16.6. The summed E-state index contributed by atoms with van der Waals surface area (Å²) < 4.78 is 34.9. The van der Waals surface area contributed by atoms with E-state index in [2.05, 4.69) is 0 Å². The fourth-order valence-electron chi connectivity index (χ4n) is 5.86. The third kappa shape index (κ3) is 6.47. The highest BCUT2D eigenvalue weighted by Gasteiger charge is 2.77. The van der Waals surface area contributed by atoms with Gasteiger partial charge in [0.2, 0.25) is 0 Å². The van der Waals surface area contributed by atoms with Gasteiger partial charge in [0.15, 0.2) is 0 Å². The molecule has 10 nitrogen and oxygen atoms in total. The van der Waals surface area contributed by atoms with Gasteiger partial charge in [-0.2, -0.15) is 0 Å². The fourth-order valence-corrected chi connectivity index (χ4v) is 5.86. The van der Waals surface area contributed by atoms with Crippen molar-refractivity contribution in [2.75, 3.05) is 14.2 Å². The minimum Gasteiger partial charge on any atom is -0.500 e. The lowest BCUT2D eigenvalue weighted by molar-refractivity contribution is -0.172. The van der Waals surface area contributed by atoms with Gasteiger partial charge in [-0.25, -0.2) is 9.59 Å². The second-order valence-electron chi connectivity index (χ2n) is 15.2. The molecule has 0 aliphatic heterocycles. The van der Waals surface area contributed by atoms with Crippen LogP contribution in [0.2, 0.25) is 0 Å². The van der Waals surface area contributed by atoms with Crippen LogP contribution in [-0.4, -0.2) is 60.5 Å². The average Bonchev–Trinajstić information content (AvgIpc) is 3.04. The summed E-state index contributed by atoms with van der Waals surface area (Å²) in [5, 5.41) is 0. The van der Waals surface area contributed by atoms with E-state index in [1.165, 1.54) is 14.2 Å². The third-order valence-corrected chi connectivity index (χ3v) is 7.22. The van der Waals surface area contributed by atoms with Crippen molar-refractivity contribution < 1.29 is 47.6 Å². The van der Waals surface area contributed by atoms with E-state index < -0.39 is 68.9 Å². The van der Waals surface area contributed by atoms with Crippen molar-refractivity contribution in [2.24, 2.45) is 22.7 Å². The number of rotatable bonds is 6. The van der Waals surface area contributed by atoms with Gasteiger partial charge in [-0.3, -0.25) is 9.59 Å². The summed E-state index contributed by atoms with van der Waals surface area (Å²) in [6.45, 7) is 23.7. The van der Waals surface area contributed by atoms with E-state index in [4.69, 9.17) is 28.4 Å². The van der Waals surface area contributed by atoms with Gasteiger partial charge < -0.3 is 28.4 Å². The van der Waals surface area contributed by atoms with Crippen LogP contribution in [0.15, 0.2) is 22.7 Å². The summed E-state index contributed by atoms with van der Waals surface area (Å²) in [4.78, 5) is 56.4. The van der Waals surface area contributed by atoms with E-state index in [1.807, 2.05) is 0 Å². The summed E-state index contributed by atoms with van der Waals surface area (Å²) in [7, 11) is 2.64. The Morgan fingerprint density at radius 2 is 0.738 bits per heavy atom. The van der Waals surface area contributed by atoms with E-state index in [-0.39, 0.29) is 22.7 Å². The van der Waals surface area contributed by atoms with Gasteiger partial charge in [-0.05, 0) is 83.1 Å². The molecule has 10 heteroatoms. The van der Waals surface area contributed by atoms with Crippen molar-refractivity contribution in [1.29, 1.82) is 0 Å².